The molecule has 2 nitrogen and oxygen atoms in total. The molecule has 1 aromatic rings. The Morgan fingerprint density at radius 1 is 1.35 bits per heavy atom. The predicted octanol–water partition coefficient (Wildman–Crippen LogP) is 4.02. The molecule has 1 aromatic carbocycles. The van der Waals surface area contributed by atoms with Crippen molar-refractivity contribution in [3.63, 3.8) is 0 Å². The molecule has 0 amide bonds. The van der Waals surface area contributed by atoms with Crippen molar-refractivity contribution in [1.82, 2.24) is 5.32 Å². The fourth-order valence-corrected chi connectivity index (χ4v) is 3.66. The van der Waals surface area contributed by atoms with Crippen LogP contribution in [0.15, 0.2) is 29.2 Å². The molecule has 0 aliphatic carbocycles. The maximum atomic E-state index is 5.68. The third-order valence-corrected chi connectivity index (χ3v) is 5.16. The normalized spacial score (nSPS) is 20.2. The molecular weight excluding hydrogens is 266 g/mol. The van der Waals surface area contributed by atoms with Crippen LogP contribution in [0.3, 0.4) is 0 Å². The van der Waals surface area contributed by atoms with E-state index in [1.807, 2.05) is 11.8 Å². The fourth-order valence-electron chi connectivity index (χ4n) is 2.61. The van der Waals surface area contributed by atoms with Crippen molar-refractivity contribution in [2.24, 2.45) is 0 Å². The van der Waals surface area contributed by atoms with Gasteiger partial charge >= 0.3 is 0 Å². The van der Waals surface area contributed by atoms with E-state index in [0.29, 0.717) is 12.1 Å². The SMILES string of the molecule is CNC(CCCC1CCCO1)CSc1ccc(C)cc1. The summed E-state index contributed by atoms with van der Waals surface area (Å²) in [7, 11) is 2.08. The fraction of sp³-hybridized carbons (Fsp3) is 0.647. The van der Waals surface area contributed by atoms with Crippen molar-refractivity contribution in [3.05, 3.63) is 29.8 Å². The summed E-state index contributed by atoms with van der Waals surface area (Å²) < 4.78 is 5.68. The topological polar surface area (TPSA) is 21.3 Å². The van der Waals surface area contributed by atoms with Crippen LogP contribution in [0.5, 0.6) is 0 Å². The Morgan fingerprint density at radius 3 is 2.80 bits per heavy atom. The lowest BCUT2D eigenvalue weighted by atomic mass is 10.1. The maximum absolute atomic E-state index is 5.68. The second kappa shape index (κ2) is 8.71. The van der Waals surface area contributed by atoms with Crippen LogP contribution in [-0.2, 0) is 4.74 Å². The molecule has 1 aliphatic rings. The van der Waals surface area contributed by atoms with Crippen LogP contribution in [0.4, 0.5) is 0 Å². The van der Waals surface area contributed by atoms with Crippen molar-refractivity contribution in [2.75, 3.05) is 19.4 Å². The van der Waals surface area contributed by atoms with E-state index in [4.69, 9.17) is 4.74 Å². The third kappa shape index (κ3) is 5.47. The summed E-state index contributed by atoms with van der Waals surface area (Å²) in [6, 6.07) is 9.42. The summed E-state index contributed by atoms with van der Waals surface area (Å²) in [6.07, 6.45) is 6.80. The number of thioether (sulfide) groups is 1. The minimum atomic E-state index is 0.539. The smallest absolute Gasteiger partial charge is 0.0576 e. The predicted molar refractivity (Wildman–Crippen MR) is 87.6 cm³/mol. The maximum Gasteiger partial charge on any atom is 0.0576 e. The zero-order chi connectivity index (χ0) is 14.2. The Bertz CT molecular complexity index is 373. The van der Waals surface area contributed by atoms with Crippen molar-refractivity contribution in [3.8, 4) is 0 Å². The van der Waals surface area contributed by atoms with Crippen LogP contribution < -0.4 is 5.32 Å². The zero-order valence-electron chi connectivity index (χ0n) is 12.7. The van der Waals surface area contributed by atoms with Crippen molar-refractivity contribution < 1.29 is 4.74 Å². The van der Waals surface area contributed by atoms with Gasteiger partial charge in [-0.2, -0.15) is 0 Å². The highest BCUT2D eigenvalue weighted by atomic mass is 32.2. The number of rotatable bonds is 8. The summed E-state index contributed by atoms with van der Waals surface area (Å²) in [6.45, 7) is 3.11. The quantitative estimate of drug-likeness (QED) is 0.731. The average Bonchev–Trinajstić information content (AvgIpc) is 2.97. The molecule has 0 saturated carbocycles. The highest BCUT2D eigenvalue weighted by molar-refractivity contribution is 7.99. The van der Waals surface area contributed by atoms with Gasteiger partial charge in [0.2, 0.25) is 0 Å². The Morgan fingerprint density at radius 2 is 2.15 bits per heavy atom. The van der Waals surface area contributed by atoms with Gasteiger partial charge in [-0.3, -0.25) is 0 Å². The molecule has 2 rings (SSSR count). The molecule has 0 bridgehead atoms. The van der Waals surface area contributed by atoms with E-state index in [1.165, 1.54) is 42.6 Å². The molecule has 1 N–H and O–H groups in total. The highest BCUT2D eigenvalue weighted by Gasteiger charge is 2.15. The van der Waals surface area contributed by atoms with Gasteiger partial charge in [0.1, 0.15) is 0 Å². The molecule has 112 valence electrons. The first-order valence-corrected chi connectivity index (χ1v) is 8.75. The van der Waals surface area contributed by atoms with Gasteiger partial charge in [0.05, 0.1) is 6.10 Å². The Kier molecular flexibility index (Phi) is 6.91. The Hall–Kier alpha value is -0.510. The van der Waals surface area contributed by atoms with E-state index in [9.17, 15) is 0 Å². The third-order valence-electron chi connectivity index (χ3n) is 3.98. The molecule has 1 aliphatic heterocycles. The minimum Gasteiger partial charge on any atom is -0.378 e. The van der Waals surface area contributed by atoms with Gasteiger partial charge < -0.3 is 10.1 Å². The van der Waals surface area contributed by atoms with E-state index in [-0.39, 0.29) is 0 Å². The monoisotopic (exact) mass is 293 g/mol. The molecule has 20 heavy (non-hydrogen) atoms. The molecular formula is C17H27NOS. The number of benzene rings is 1. The second-order valence-electron chi connectivity index (χ2n) is 5.68. The average molecular weight is 293 g/mol. The van der Waals surface area contributed by atoms with Gasteiger partial charge in [0.25, 0.3) is 0 Å². The molecule has 1 heterocycles. The second-order valence-corrected chi connectivity index (χ2v) is 6.77. The van der Waals surface area contributed by atoms with Gasteiger partial charge in [-0.05, 0) is 58.2 Å². The minimum absolute atomic E-state index is 0.539. The summed E-state index contributed by atoms with van der Waals surface area (Å²) in [5, 5.41) is 3.45. The number of aryl methyl sites for hydroxylation is 1. The molecule has 0 aromatic heterocycles. The van der Waals surface area contributed by atoms with Gasteiger partial charge in [-0.25, -0.2) is 0 Å². The standard InChI is InChI=1S/C17H27NOS/c1-14-8-10-17(11-9-14)20-13-15(18-2)5-3-6-16-7-4-12-19-16/h8-11,15-16,18H,3-7,12-13H2,1-2H3. The van der Waals surface area contributed by atoms with Crippen LogP contribution >= 0.6 is 11.8 Å². The van der Waals surface area contributed by atoms with Gasteiger partial charge in [-0.1, -0.05) is 17.7 Å². The molecule has 1 saturated heterocycles. The van der Waals surface area contributed by atoms with E-state index in [1.54, 1.807) is 0 Å². The molecule has 2 unspecified atom stereocenters. The first-order chi connectivity index (χ1) is 9.78. The molecule has 0 spiro atoms. The van der Waals surface area contributed by atoms with E-state index >= 15 is 0 Å². The molecule has 3 heteroatoms. The first kappa shape index (κ1) is 15.9. The van der Waals surface area contributed by atoms with Crippen LogP contribution in [0.25, 0.3) is 0 Å². The molecule has 1 fully saturated rings. The van der Waals surface area contributed by atoms with Crippen LogP contribution in [-0.4, -0.2) is 31.6 Å². The van der Waals surface area contributed by atoms with Crippen molar-refractivity contribution >= 4 is 11.8 Å². The summed E-state index contributed by atoms with van der Waals surface area (Å²) >= 11 is 1.95. The molecule has 0 radical (unpaired) electrons. The number of hydrogen-bond acceptors (Lipinski definition) is 3. The number of hydrogen-bond donors (Lipinski definition) is 1. The lowest BCUT2D eigenvalue weighted by Gasteiger charge is -2.17. The van der Waals surface area contributed by atoms with E-state index in [2.05, 4.69) is 43.6 Å². The Labute approximate surface area is 127 Å². The van der Waals surface area contributed by atoms with Crippen LogP contribution in [0, 0.1) is 6.92 Å². The van der Waals surface area contributed by atoms with E-state index in [0.717, 1.165) is 12.4 Å². The summed E-state index contributed by atoms with van der Waals surface area (Å²) in [5.41, 5.74) is 1.33. The Balaban J connectivity index is 1.64. The van der Waals surface area contributed by atoms with Gasteiger partial charge in [-0.15, -0.1) is 11.8 Å². The number of ether oxygens (including phenoxy) is 1. The van der Waals surface area contributed by atoms with E-state index < -0.39 is 0 Å². The lowest BCUT2D eigenvalue weighted by molar-refractivity contribution is 0.101. The van der Waals surface area contributed by atoms with Crippen molar-refractivity contribution in [1.29, 1.82) is 0 Å². The summed E-state index contributed by atoms with van der Waals surface area (Å²) in [4.78, 5) is 1.37. The molecule has 2 atom stereocenters. The number of nitrogens with one attached hydrogen (secondary N) is 1. The van der Waals surface area contributed by atoms with Crippen LogP contribution in [0.2, 0.25) is 0 Å². The largest absolute Gasteiger partial charge is 0.378 e. The van der Waals surface area contributed by atoms with Crippen molar-refractivity contribution in [2.45, 2.75) is 56.1 Å². The summed E-state index contributed by atoms with van der Waals surface area (Å²) in [5.74, 6) is 1.14. The van der Waals surface area contributed by atoms with Crippen LogP contribution in [0.1, 0.15) is 37.7 Å². The van der Waals surface area contributed by atoms with Gasteiger partial charge in [0, 0.05) is 23.3 Å². The lowest BCUT2D eigenvalue weighted by Crippen LogP contribution is -2.27. The zero-order valence-corrected chi connectivity index (χ0v) is 13.5. The highest BCUT2D eigenvalue weighted by Crippen LogP contribution is 2.22. The van der Waals surface area contributed by atoms with Gasteiger partial charge in [0.15, 0.2) is 0 Å². The first-order valence-electron chi connectivity index (χ1n) is 7.76.